The number of nitrogens with zero attached hydrogens (tertiary/aromatic N) is 1. The van der Waals surface area contributed by atoms with Crippen molar-refractivity contribution in [1.29, 1.82) is 0 Å². The van der Waals surface area contributed by atoms with E-state index in [1.54, 1.807) is 25.1 Å². The molecule has 3 aromatic rings. The van der Waals surface area contributed by atoms with Gasteiger partial charge in [0.15, 0.2) is 0 Å². The number of para-hydroxylation sites is 1. The Bertz CT molecular complexity index is 1030. The van der Waals surface area contributed by atoms with E-state index < -0.39 is 5.60 Å². The fourth-order valence-corrected chi connectivity index (χ4v) is 2.94. The summed E-state index contributed by atoms with van der Waals surface area (Å²) in [6.45, 7) is 1.58. The Morgan fingerprint density at radius 3 is 2.68 bits per heavy atom. The van der Waals surface area contributed by atoms with Crippen molar-refractivity contribution in [2.24, 2.45) is 0 Å². The maximum atomic E-state index is 13.0. The Kier molecular flexibility index (Phi) is 5.84. The van der Waals surface area contributed by atoms with Gasteiger partial charge in [0.2, 0.25) is 5.91 Å². The van der Waals surface area contributed by atoms with Crippen LogP contribution in [0.2, 0.25) is 0 Å². The van der Waals surface area contributed by atoms with Gasteiger partial charge in [-0.05, 0) is 43.2 Å². The summed E-state index contributed by atoms with van der Waals surface area (Å²) in [6, 6.07) is 12.6. The molecular formula is C21H22FN3O3. The van der Waals surface area contributed by atoms with Gasteiger partial charge in [0, 0.05) is 12.8 Å². The van der Waals surface area contributed by atoms with Crippen LogP contribution in [0.3, 0.4) is 0 Å². The molecule has 1 aromatic heterocycles. The normalized spacial score (nSPS) is 13.2. The minimum absolute atomic E-state index is 0.0164. The van der Waals surface area contributed by atoms with Gasteiger partial charge in [-0.25, -0.2) is 9.37 Å². The van der Waals surface area contributed by atoms with Gasteiger partial charge in [-0.3, -0.25) is 9.59 Å². The number of halogens is 1. The number of aryl methyl sites for hydroxylation is 1. The maximum absolute atomic E-state index is 13.0. The molecule has 0 saturated heterocycles. The zero-order chi connectivity index (χ0) is 20.1. The lowest BCUT2D eigenvalue weighted by Crippen LogP contribution is -2.38. The van der Waals surface area contributed by atoms with Gasteiger partial charge >= 0.3 is 0 Å². The fraction of sp³-hybridized carbons (Fsp3) is 0.286. The number of hydrogen-bond acceptors (Lipinski definition) is 4. The molecule has 0 aliphatic rings. The van der Waals surface area contributed by atoms with E-state index in [1.165, 1.54) is 24.3 Å². The molecule has 0 fully saturated rings. The largest absolute Gasteiger partial charge is 0.384 e. The quantitative estimate of drug-likeness (QED) is 0.584. The van der Waals surface area contributed by atoms with Gasteiger partial charge in [0.05, 0.1) is 17.4 Å². The number of aromatic amines is 1. The molecule has 3 N–H and O–H groups in total. The van der Waals surface area contributed by atoms with E-state index >= 15 is 0 Å². The SMILES string of the molecule is C[C@](O)(CNC(=O)CCCc1nc2ccccc2c(=O)[nH]1)c1ccc(F)cc1. The molecule has 6 nitrogen and oxygen atoms in total. The standard InChI is InChI=1S/C21H22FN3O3/c1-21(28,14-9-11-15(22)12-10-14)13-23-19(26)8-4-7-18-24-17-6-3-2-5-16(17)20(27)25-18/h2-3,5-6,9-12,28H,4,7-8,13H2,1H3,(H,23,26)(H,24,25,27)/t21-/m0/s1. The van der Waals surface area contributed by atoms with E-state index in [0.29, 0.717) is 35.1 Å². The third kappa shape index (κ3) is 4.80. The summed E-state index contributed by atoms with van der Waals surface area (Å²) in [4.78, 5) is 31.3. The molecule has 28 heavy (non-hydrogen) atoms. The second-order valence-electron chi connectivity index (χ2n) is 6.94. The third-order valence-corrected chi connectivity index (χ3v) is 4.58. The number of aliphatic hydroxyl groups is 1. The molecular weight excluding hydrogens is 361 g/mol. The molecule has 0 saturated carbocycles. The number of nitrogens with one attached hydrogen (secondary N) is 2. The van der Waals surface area contributed by atoms with E-state index in [-0.39, 0.29) is 30.2 Å². The predicted molar refractivity (Wildman–Crippen MR) is 104 cm³/mol. The Labute approximate surface area is 161 Å². The minimum Gasteiger partial charge on any atom is -0.384 e. The molecule has 7 heteroatoms. The van der Waals surface area contributed by atoms with Gasteiger partial charge in [-0.1, -0.05) is 24.3 Å². The van der Waals surface area contributed by atoms with E-state index in [9.17, 15) is 19.1 Å². The van der Waals surface area contributed by atoms with Crippen molar-refractivity contribution in [3.8, 4) is 0 Å². The number of fused-ring (bicyclic) bond motifs is 1. The van der Waals surface area contributed by atoms with Crippen LogP contribution in [0.25, 0.3) is 10.9 Å². The summed E-state index contributed by atoms with van der Waals surface area (Å²) in [6.07, 6.45) is 1.20. The van der Waals surface area contributed by atoms with Gasteiger partial charge in [-0.2, -0.15) is 0 Å². The Hall–Kier alpha value is -3.06. The van der Waals surface area contributed by atoms with Gasteiger partial charge in [0.25, 0.3) is 5.56 Å². The molecule has 0 unspecified atom stereocenters. The third-order valence-electron chi connectivity index (χ3n) is 4.58. The van der Waals surface area contributed by atoms with Crippen molar-refractivity contribution >= 4 is 16.8 Å². The van der Waals surface area contributed by atoms with Crippen LogP contribution in [0.1, 0.15) is 31.2 Å². The molecule has 3 rings (SSSR count). The summed E-state index contributed by atoms with van der Waals surface area (Å²) in [5.41, 5.74) is -0.345. The van der Waals surface area contributed by atoms with Crippen LogP contribution in [0.15, 0.2) is 53.3 Å². The Morgan fingerprint density at radius 1 is 1.21 bits per heavy atom. The van der Waals surface area contributed by atoms with Crippen molar-refractivity contribution in [1.82, 2.24) is 15.3 Å². The molecule has 2 aromatic carbocycles. The highest BCUT2D eigenvalue weighted by molar-refractivity contribution is 5.77. The molecule has 0 bridgehead atoms. The number of H-pyrrole nitrogens is 1. The average Bonchev–Trinajstić information content (AvgIpc) is 2.67. The van der Waals surface area contributed by atoms with E-state index in [0.717, 1.165) is 0 Å². The van der Waals surface area contributed by atoms with Crippen molar-refractivity contribution in [2.75, 3.05) is 6.54 Å². The van der Waals surface area contributed by atoms with Crippen molar-refractivity contribution in [2.45, 2.75) is 31.8 Å². The fourth-order valence-electron chi connectivity index (χ4n) is 2.94. The van der Waals surface area contributed by atoms with Crippen molar-refractivity contribution in [3.63, 3.8) is 0 Å². The second-order valence-corrected chi connectivity index (χ2v) is 6.94. The van der Waals surface area contributed by atoms with Crippen LogP contribution in [-0.4, -0.2) is 27.5 Å². The maximum Gasteiger partial charge on any atom is 0.258 e. The first-order chi connectivity index (χ1) is 13.3. The first-order valence-corrected chi connectivity index (χ1v) is 9.08. The predicted octanol–water partition coefficient (Wildman–Crippen LogP) is 2.41. The highest BCUT2D eigenvalue weighted by atomic mass is 19.1. The Balaban J connectivity index is 1.51. The smallest absolute Gasteiger partial charge is 0.258 e. The number of aromatic nitrogens is 2. The number of hydrogen-bond donors (Lipinski definition) is 3. The first kappa shape index (κ1) is 19.7. The van der Waals surface area contributed by atoms with Crippen LogP contribution in [0, 0.1) is 5.82 Å². The lowest BCUT2D eigenvalue weighted by atomic mass is 9.96. The summed E-state index contributed by atoms with van der Waals surface area (Å²) in [5, 5.41) is 13.7. The second kappa shape index (κ2) is 8.31. The number of carbonyl (C=O) groups excluding carboxylic acids is 1. The van der Waals surface area contributed by atoms with E-state index in [4.69, 9.17) is 0 Å². The average molecular weight is 383 g/mol. The van der Waals surface area contributed by atoms with Crippen LogP contribution in [0.5, 0.6) is 0 Å². The minimum atomic E-state index is -1.30. The monoisotopic (exact) mass is 383 g/mol. The Morgan fingerprint density at radius 2 is 1.93 bits per heavy atom. The van der Waals surface area contributed by atoms with Crippen LogP contribution >= 0.6 is 0 Å². The number of amides is 1. The van der Waals surface area contributed by atoms with Crippen LogP contribution < -0.4 is 10.9 Å². The molecule has 0 spiro atoms. The lowest BCUT2D eigenvalue weighted by Gasteiger charge is -2.24. The molecule has 0 aliphatic carbocycles. The van der Waals surface area contributed by atoms with E-state index in [2.05, 4.69) is 15.3 Å². The summed E-state index contributed by atoms with van der Waals surface area (Å²) in [5.74, 6) is -0.0655. The molecule has 1 amide bonds. The zero-order valence-electron chi connectivity index (χ0n) is 15.5. The van der Waals surface area contributed by atoms with Crippen molar-refractivity contribution in [3.05, 3.63) is 76.1 Å². The highest BCUT2D eigenvalue weighted by Crippen LogP contribution is 2.20. The number of rotatable bonds is 7. The van der Waals surface area contributed by atoms with E-state index in [1.807, 2.05) is 6.07 Å². The summed E-state index contributed by atoms with van der Waals surface area (Å²) >= 11 is 0. The molecule has 146 valence electrons. The first-order valence-electron chi connectivity index (χ1n) is 9.08. The van der Waals surface area contributed by atoms with Gasteiger partial charge in [-0.15, -0.1) is 0 Å². The van der Waals surface area contributed by atoms with Crippen molar-refractivity contribution < 1.29 is 14.3 Å². The van der Waals surface area contributed by atoms with Crippen LogP contribution in [-0.2, 0) is 16.8 Å². The number of benzene rings is 2. The molecule has 1 heterocycles. The molecule has 1 atom stereocenters. The summed E-state index contributed by atoms with van der Waals surface area (Å²) < 4.78 is 13.0. The highest BCUT2D eigenvalue weighted by Gasteiger charge is 2.23. The van der Waals surface area contributed by atoms with Gasteiger partial charge in [0.1, 0.15) is 17.2 Å². The molecule has 0 aliphatic heterocycles. The molecule has 0 radical (unpaired) electrons. The van der Waals surface area contributed by atoms with Gasteiger partial charge < -0.3 is 15.4 Å². The summed E-state index contributed by atoms with van der Waals surface area (Å²) in [7, 11) is 0. The number of carbonyl (C=O) groups is 1. The van der Waals surface area contributed by atoms with Crippen LogP contribution in [0.4, 0.5) is 4.39 Å². The lowest BCUT2D eigenvalue weighted by molar-refractivity contribution is -0.122. The zero-order valence-corrected chi connectivity index (χ0v) is 15.5. The topological polar surface area (TPSA) is 95.1 Å².